The van der Waals surface area contributed by atoms with Gasteiger partial charge in [0.05, 0.1) is 5.25 Å². The largest absolute Gasteiger partial charge is 0.444 e. The zero-order valence-electron chi connectivity index (χ0n) is 13.0. The number of carbonyl (C=O) groups is 1. The summed E-state index contributed by atoms with van der Waals surface area (Å²) in [6.45, 7) is 10.5. The Morgan fingerprint density at radius 2 is 1.70 bits per heavy atom. The van der Waals surface area contributed by atoms with Gasteiger partial charge in [0.25, 0.3) is 0 Å². The van der Waals surface area contributed by atoms with Crippen LogP contribution in [0.5, 0.6) is 0 Å². The van der Waals surface area contributed by atoms with E-state index in [1.165, 1.54) is 4.31 Å². The highest BCUT2D eigenvalue weighted by Gasteiger charge is 2.30. The van der Waals surface area contributed by atoms with Gasteiger partial charge < -0.3 is 9.64 Å². The number of nitrogens with zero attached hydrogens (tertiary/aromatic N) is 2. The number of hydrogen-bond acceptors (Lipinski definition) is 4. The predicted octanol–water partition coefficient (Wildman–Crippen LogP) is 1.67. The topological polar surface area (TPSA) is 66.9 Å². The molecular weight excluding hydrogens is 280 g/mol. The van der Waals surface area contributed by atoms with E-state index in [0.717, 1.165) is 0 Å². The molecular formula is C13H26N2O4S. The van der Waals surface area contributed by atoms with Crippen LogP contribution in [0.4, 0.5) is 4.79 Å². The SMILES string of the molecule is CC(C)S(=O)(=O)N1CCCN(C(=O)OC(C)(C)C)CC1. The summed E-state index contributed by atoms with van der Waals surface area (Å²) in [5, 5.41) is -0.435. The molecule has 0 spiro atoms. The van der Waals surface area contributed by atoms with E-state index < -0.39 is 20.9 Å². The van der Waals surface area contributed by atoms with Crippen LogP contribution in [0.2, 0.25) is 0 Å². The van der Waals surface area contributed by atoms with Crippen molar-refractivity contribution in [3.8, 4) is 0 Å². The molecule has 0 N–H and O–H groups in total. The maximum atomic E-state index is 12.1. The van der Waals surface area contributed by atoms with Crippen LogP contribution < -0.4 is 0 Å². The molecule has 1 fully saturated rings. The fraction of sp³-hybridized carbons (Fsp3) is 0.923. The van der Waals surface area contributed by atoms with Crippen LogP contribution in [0, 0.1) is 0 Å². The van der Waals surface area contributed by atoms with Crippen molar-refractivity contribution in [2.45, 2.75) is 51.9 Å². The van der Waals surface area contributed by atoms with Crippen molar-refractivity contribution in [2.24, 2.45) is 0 Å². The van der Waals surface area contributed by atoms with Crippen LogP contribution in [0.25, 0.3) is 0 Å². The molecule has 0 bridgehead atoms. The molecule has 0 unspecified atom stereocenters. The van der Waals surface area contributed by atoms with Crippen molar-refractivity contribution in [2.75, 3.05) is 26.2 Å². The van der Waals surface area contributed by atoms with Gasteiger partial charge in [-0.1, -0.05) is 0 Å². The fourth-order valence-electron chi connectivity index (χ4n) is 1.96. The van der Waals surface area contributed by atoms with Gasteiger partial charge in [-0.2, -0.15) is 4.31 Å². The van der Waals surface area contributed by atoms with Gasteiger partial charge in [0, 0.05) is 26.2 Å². The van der Waals surface area contributed by atoms with E-state index in [-0.39, 0.29) is 6.09 Å². The van der Waals surface area contributed by atoms with Crippen LogP contribution >= 0.6 is 0 Å². The van der Waals surface area contributed by atoms with Gasteiger partial charge in [0.1, 0.15) is 5.60 Å². The predicted molar refractivity (Wildman–Crippen MR) is 78.1 cm³/mol. The normalized spacial score (nSPS) is 19.0. The Morgan fingerprint density at radius 1 is 1.10 bits per heavy atom. The highest BCUT2D eigenvalue weighted by molar-refractivity contribution is 7.89. The maximum absolute atomic E-state index is 12.1. The van der Waals surface area contributed by atoms with Gasteiger partial charge in [-0.3, -0.25) is 0 Å². The lowest BCUT2D eigenvalue weighted by Gasteiger charge is -2.26. The summed E-state index contributed by atoms with van der Waals surface area (Å²) < 4.78 is 31.1. The molecule has 7 heteroatoms. The van der Waals surface area contributed by atoms with Gasteiger partial charge in [-0.25, -0.2) is 13.2 Å². The fourth-order valence-corrected chi connectivity index (χ4v) is 3.27. The summed E-state index contributed by atoms with van der Waals surface area (Å²) in [4.78, 5) is 13.6. The molecule has 0 atom stereocenters. The molecule has 0 aromatic rings. The van der Waals surface area contributed by atoms with Crippen LogP contribution in [-0.2, 0) is 14.8 Å². The zero-order valence-corrected chi connectivity index (χ0v) is 13.9. The average Bonchev–Trinajstić information content (AvgIpc) is 2.51. The molecule has 118 valence electrons. The number of rotatable bonds is 2. The smallest absolute Gasteiger partial charge is 0.410 e. The minimum atomic E-state index is -3.25. The van der Waals surface area contributed by atoms with E-state index in [4.69, 9.17) is 4.74 Å². The summed E-state index contributed by atoms with van der Waals surface area (Å²) in [6, 6.07) is 0. The van der Waals surface area contributed by atoms with Gasteiger partial charge in [0.15, 0.2) is 0 Å². The van der Waals surface area contributed by atoms with Crippen molar-refractivity contribution in [3.05, 3.63) is 0 Å². The Kier molecular flexibility index (Phi) is 5.43. The molecule has 0 radical (unpaired) electrons. The third-order valence-corrected chi connectivity index (χ3v) is 5.34. The standard InChI is InChI=1S/C13H26N2O4S/c1-11(2)20(17,18)15-8-6-7-14(9-10-15)12(16)19-13(3,4)5/h11H,6-10H2,1-5H3. The summed E-state index contributed by atoms with van der Waals surface area (Å²) in [6.07, 6.45) is 0.256. The van der Waals surface area contributed by atoms with Gasteiger partial charge in [-0.15, -0.1) is 0 Å². The van der Waals surface area contributed by atoms with Gasteiger partial charge in [-0.05, 0) is 41.0 Å². The first-order chi connectivity index (χ1) is 9.04. The summed E-state index contributed by atoms with van der Waals surface area (Å²) in [5.74, 6) is 0. The minimum Gasteiger partial charge on any atom is -0.444 e. The molecule has 0 aromatic carbocycles. The number of ether oxygens (including phenoxy) is 1. The lowest BCUT2D eigenvalue weighted by molar-refractivity contribution is 0.0260. The van der Waals surface area contributed by atoms with Crippen LogP contribution in [0.3, 0.4) is 0 Å². The van der Waals surface area contributed by atoms with E-state index >= 15 is 0 Å². The molecule has 1 amide bonds. The van der Waals surface area contributed by atoms with Gasteiger partial charge in [0.2, 0.25) is 10.0 Å². The Hall–Kier alpha value is -0.820. The van der Waals surface area contributed by atoms with Crippen LogP contribution in [-0.4, -0.2) is 60.7 Å². The van der Waals surface area contributed by atoms with Gasteiger partial charge >= 0.3 is 6.09 Å². The molecule has 1 aliphatic heterocycles. The first-order valence-electron chi connectivity index (χ1n) is 7.01. The summed E-state index contributed by atoms with van der Waals surface area (Å²) in [7, 11) is -3.25. The van der Waals surface area contributed by atoms with E-state index in [9.17, 15) is 13.2 Å². The highest BCUT2D eigenvalue weighted by Crippen LogP contribution is 2.15. The Morgan fingerprint density at radius 3 is 2.20 bits per heavy atom. The molecule has 20 heavy (non-hydrogen) atoms. The lowest BCUT2D eigenvalue weighted by atomic mass is 10.2. The van der Waals surface area contributed by atoms with E-state index in [1.54, 1.807) is 18.7 Å². The molecule has 1 saturated heterocycles. The first-order valence-corrected chi connectivity index (χ1v) is 8.51. The monoisotopic (exact) mass is 306 g/mol. The molecule has 0 aromatic heterocycles. The van der Waals surface area contributed by atoms with Crippen LogP contribution in [0.1, 0.15) is 41.0 Å². The lowest BCUT2D eigenvalue weighted by Crippen LogP contribution is -2.41. The van der Waals surface area contributed by atoms with Crippen molar-refractivity contribution in [3.63, 3.8) is 0 Å². The molecule has 6 nitrogen and oxygen atoms in total. The third-order valence-electron chi connectivity index (χ3n) is 3.06. The van der Waals surface area contributed by atoms with Crippen molar-refractivity contribution < 1.29 is 17.9 Å². The number of carbonyl (C=O) groups excluding carboxylic acids is 1. The highest BCUT2D eigenvalue weighted by atomic mass is 32.2. The number of hydrogen-bond donors (Lipinski definition) is 0. The zero-order chi connectivity index (χ0) is 15.6. The van der Waals surface area contributed by atoms with Crippen molar-refractivity contribution in [1.29, 1.82) is 0 Å². The summed E-state index contributed by atoms with van der Waals surface area (Å²) >= 11 is 0. The molecule has 1 heterocycles. The Balaban J connectivity index is 2.67. The van der Waals surface area contributed by atoms with E-state index in [1.807, 2.05) is 20.8 Å². The first kappa shape index (κ1) is 17.2. The molecule has 1 aliphatic rings. The maximum Gasteiger partial charge on any atom is 0.410 e. The average molecular weight is 306 g/mol. The second-order valence-electron chi connectivity index (χ2n) is 6.31. The van der Waals surface area contributed by atoms with E-state index in [2.05, 4.69) is 0 Å². The molecule has 0 saturated carbocycles. The van der Waals surface area contributed by atoms with E-state index in [0.29, 0.717) is 32.6 Å². The second-order valence-corrected chi connectivity index (χ2v) is 8.80. The molecule has 0 aliphatic carbocycles. The Labute approximate surface area is 122 Å². The number of amides is 1. The summed E-state index contributed by atoms with van der Waals surface area (Å²) in [5.41, 5.74) is -0.535. The molecule has 1 rings (SSSR count). The van der Waals surface area contributed by atoms with Crippen molar-refractivity contribution >= 4 is 16.1 Å². The number of sulfonamides is 1. The Bertz CT molecular complexity index is 440. The van der Waals surface area contributed by atoms with Crippen LogP contribution in [0.15, 0.2) is 0 Å². The minimum absolute atomic E-state index is 0.333. The van der Waals surface area contributed by atoms with Crippen molar-refractivity contribution in [1.82, 2.24) is 9.21 Å². The third kappa shape index (κ3) is 4.63. The second kappa shape index (κ2) is 6.30. The quantitative estimate of drug-likeness (QED) is 0.778.